The van der Waals surface area contributed by atoms with Gasteiger partial charge in [0.15, 0.2) is 0 Å². The summed E-state index contributed by atoms with van der Waals surface area (Å²) in [5.74, 6) is -0.169. The number of nitrogens with one attached hydrogen (secondary N) is 2. The van der Waals surface area contributed by atoms with Crippen molar-refractivity contribution in [2.45, 2.75) is 0 Å². The number of likely N-dealkylation sites (N-methyl/N-ethyl adjacent to an activating group) is 1. The van der Waals surface area contributed by atoms with Crippen LogP contribution < -0.4 is 10.6 Å². The molecular weight excluding hydrogens is 218 g/mol. The molecule has 2 N–H and O–H groups in total. The normalized spacial score (nSPS) is 9.82. The second-order valence-electron chi connectivity index (χ2n) is 3.86. The SMILES string of the molecule is CNCC(=O)Nc1ccc(C(=O)N(C)C)cc1. The van der Waals surface area contributed by atoms with E-state index in [0.29, 0.717) is 11.3 Å². The van der Waals surface area contributed by atoms with Gasteiger partial charge in [-0.15, -0.1) is 0 Å². The fraction of sp³-hybridized carbons (Fsp3) is 0.333. The van der Waals surface area contributed by atoms with Crippen LogP contribution in [0.4, 0.5) is 5.69 Å². The predicted molar refractivity (Wildman–Crippen MR) is 67.0 cm³/mol. The molecule has 0 aliphatic heterocycles. The van der Waals surface area contributed by atoms with Crippen molar-refractivity contribution in [3.8, 4) is 0 Å². The summed E-state index contributed by atoms with van der Waals surface area (Å²) in [6.45, 7) is 0.262. The summed E-state index contributed by atoms with van der Waals surface area (Å²) < 4.78 is 0. The lowest BCUT2D eigenvalue weighted by Crippen LogP contribution is -2.25. The van der Waals surface area contributed by atoms with E-state index in [1.807, 2.05) is 0 Å². The third kappa shape index (κ3) is 3.88. The lowest BCUT2D eigenvalue weighted by molar-refractivity contribution is -0.115. The summed E-state index contributed by atoms with van der Waals surface area (Å²) >= 11 is 0. The summed E-state index contributed by atoms with van der Waals surface area (Å²) in [6.07, 6.45) is 0. The van der Waals surface area contributed by atoms with E-state index in [9.17, 15) is 9.59 Å². The summed E-state index contributed by atoms with van der Waals surface area (Å²) in [5.41, 5.74) is 1.28. The quantitative estimate of drug-likeness (QED) is 0.801. The van der Waals surface area contributed by atoms with Crippen molar-refractivity contribution >= 4 is 17.5 Å². The first-order chi connectivity index (χ1) is 8.04. The number of nitrogens with zero attached hydrogens (tertiary/aromatic N) is 1. The van der Waals surface area contributed by atoms with Crippen molar-refractivity contribution in [1.29, 1.82) is 0 Å². The maximum atomic E-state index is 11.6. The summed E-state index contributed by atoms with van der Waals surface area (Å²) in [6, 6.07) is 6.81. The highest BCUT2D eigenvalue weighted by atomic mass is 16.2. The zero-order valence-electron chi connectivity index (χ0n) is 10.3. The molecule has 0 bridgehead atoms. The van der Waals surface area contributed by atoms with Gasteiger partial charge in [-0.1, -0.05) is 0 Å². The standard InChI is InChI=1S/C12H17N3O2/c1-13-8-11(16)14-10-6-4-9(5-7-10)12(17)15(2)3/h4-7,13H,8H2,1-3H3,(H,14,16). The Hall–Kier alpha value is -1.88. The van der Waals surface area contributed by atoms with E-state index in [0.717, 1.165) is 0 Å². The van der Waals surface area contributed by atoms with Gasteiger partial charge in [0.25, 0.3) is 5.91 Å². The Labute approximate surface area is 101 Å². The topological polar surface area (TPSA) is 61.4 Å². The summed E-state index contributed by atoms with van der Waals surface area (Å²) in [7, 11) is 5.11. The minimum Gasteiger partial charge on any atom is -0.345 e. The maximum absolute atomic E-state index is 11.6. The molecule has 2 amide bonds. The molecule has 0 aromatic heterocycles. The number of hydrogen-bond donors (Lipinski definition) is 2. The zero-order chi connectivity index (χ0) is 12.8. The van der Waals surface area contributed by atoms with Crippen LogP contribution in [0.1, 0.15) is 10.4 Å². The highest BCUT2D eigenvalue weighted by Crippen LogP contribution is 2.10. The molecule has 92 valence electrons. The van der Waals surface area contributed by atoms with Crippen LogP contribution in [0.2, 0.25) is 0 Å². The maximum Gasteiger partial charge on any atom is 0.253 e. The molecule has 5 nitrogen and oxygen atoms in total. The summed E-state index contributed by atoms with van der Waals surface area (Å²) in [4.78, 5) is 24.4. The number of amides is 2. The van der Waals surface area contributed by atoms with Gasteiger partial charge in [0, 0.05) is 25.3 Å². The number of carbonyl (C=O) groups is 2. The van der Waals surface area contributed by atoms with E-state index in [1.54, 1.807) is 45.4 Å². The molecule has 0 radical (unpaired) electrons. The second kappa shape index (κ2) is 6.00. The predicted octanol–water partition coefficient (Wildman–Crippen LogP) is 0.546. The van der Waals surface area contributed by atoms with Crippen molar-refractivity contribution in [2.75, 3.05) is 33.0 Å². The molecule has 0 spiro atoms. The molecule has 1 aromatic rings. The van der Waals surface area contributed by atoms with Crippen LogP contribution in [0.15, 0.2) is 24.3 Å². The fourth-order valence-electron chi connectivity index (χ4n) is 1.32. The molecule has 0 atom stereocenters. The van der Waals surface area contributed by atoms with E-state index in [2.05, 4.69) is 10.6 Å². The lowest BCUT2D eigenvalue weighted by Gasteiger charge is -2.10. The van der Waals surface area contributed by atoms with E-state index >= 15 is 0 Å². The van der Waals surface area contributed by atoms with Gasteiger partial charge >= 0.3 is 0 Å². The van der Waals surface area contributed by atoms with Crippen molar-refractivity contribution in [3.05, 3.63) is 29.8 Å². The van der Waals surface area contributed by atoms with Crippen LogP contribution in [0.3, 0.4) is 0 Å². The highest BCUT2D eigenvalue weighted by molar-refractivity contribution is 5.95. The Morgan fingerprint density at radius 3 is 2.24 bits per heavy atom. The van der Waals surface area contributed by atoms with Crippen LogP contribution in [0.5, 0.6) is 0 Å². The first-order valence-corrected chi connectivity index (χ1v) is 5.30. The van der Waals surface area contributed by atoms with E-state index in [-0.39, 0.29) is 18.4 Å². The van der Waals surface area contributed by atoms with Crippen LogP contribution in [-0.4, -0.2) is 44.4 Å². The van der Waals surface area contributed by atoms with Crippen LogP contribution in [0.25, 0.3) is 0 Å². The largest absolute Gasteiger partial charge is 0.345 e. The lowest BCUT2D eigenvalue weighted by atomic mass is 10.2. The number of benzene rings is 1. The van der Waals surface area contributed by atoms with Gasteiger partial charge < -0.3 is 15.5 Å². The molecule has 0 fully saturated rings. The third-order valence-electron chi connectivity index (χ3n) is 2.16. The first kappa shape index (κ1) is 13.2. The van der Waals surface area contributed by atoms with E-state index in [4.69, 9.17) is 0 Å². The van der Waals surface area contributed by atoms with Crippen LogP contribution in [0, 0.1) is 0 Å². The van der Waals surface area contributed by atoms with Crippen molar-refractivity contribution in [3.63, 3.8) is 0 Å². The number of hydrogen-bond acceptors (Lipinski definition) is 3. The first-order valence-electron chi connectivity index (χ1n) is 5.30. The van der Waals surface area contributed by atoms with Gasteiger partial charge in [-0.05, 0) is 31.3 Å². The molecule has 1 rings (SSSR count). The van der Waals surface area contributed by atoms with Gasteiger partial charge in [0.1, 0.15) is 0 Å². The Balaban J connectivity index is 2.68. The monoisotopic (exact) mass is 235 g/mol. The number of rotatable bonds is 4. The average Bonchev–Trinajstić information content (AvgIpc) is 2.29. The van der Waals surface area contributed by atoms with Gasteiger partial charge in [-0.3, -0.25) is 9.59 Å². The minimum atomic E-state index is -0.112. The van der Waals surface area contributed by atoms with E-state index < -0.39 is 0 Å². The average molecular weight is 235 g/mol. The van der Waals surface area contributed by atoms with Gasteiger partial charge in [-0.25, -0.2) is 0 Å². The minimum absolute atomic E-state index is 0.0573. The molecule has 1 aromatic carbocycles. The molecule has 0 aliphatic rings. The molecule has 0 heterocycles. The van der Waals surface area contributed by atoms with Crippen LogP contribution >= 0.6 is 0 Å². The van der Waals surface area contributed by atoms with Crippen molar-refractivity contribution in [2.24, 2.45) is 0 Å². The van der Waals surface area contributed by atoms with Gasteiger partial charge in [0.2, 0.25) is 5.91 Å². The van der Waals surface area contributed by atoms with E-state index in [1.165, 1.54) is 4.90 Å². The van der Waals surface area contributed by atoms with Gasteiger partial charge in [-0.2, -0.15) is 0 Å². The smallest absolute Gasteiger partial charge is 0.253 e. The molecular formula is C12H17N3O2. The Bertz CT molecular complexity index is 399. The van der Waals surface area contributed by atoms with Gasteiger partial charge in [0.05, 0.1) is 6.54 Å². The summed E-state index contributed by atoms with van der Waals surface area (Å²) in [5, 5.41) is 5.47. The molecule has 0 saturated heterocycles. The zero-order valence-corrected chi connectivity index (χ0v) is 10.3. The molecule has 0 unspecified atom stereocenters. The molecule has 0 saturated carbocycles. The highest BCUT2D eigenvalue weighted by Gasteiger charge is 2.07. The van der Waals surface area contributed by atoms with Crippen molar-refractivity contribution in [1.82, 2.24) is 10.2 Å². The van der Waals surface area contributed by atoms with Crippen LogP contribution in [-0.2, 0) is 4.79 Å². The Kier molecular flexibility index (Phi) is 4.66. The molecule has 0 aliphatic carbocycles. The Morgan fingerprint density at radius 1 is 1.18 bits per heavy atom. The molecule has 17 heavy (non-hydrogen) atoms. The number of carbonyl (C=O) groups excluding carboxylic acids is 2. The Morgan fingerprint density at radius 2 is 1.76 bits per heavy atom. The third-order valence-corrected chi connectivity index (χ3v) is 2.16. The van der Waals surface area contributed by atoms with Crippen molar-refractivity contribution < 1.29 is 9.59 Å². The second-order valence-corrected chi connectivity index (χ2v) is 3.86. The number of anilines is 1. The molecule has 5 heteroatoms. The fourth-order valence-corrected chi connectivity index (χ4v) is 1.32.